The van der Waals surface area contributed by atoms with E-state index in [1.54, 1.807) is 0 Å². The number of aliphatic hydroxyl groups is 2. The Balaban J connectivity index is 1.46. The average Bonchev–Trinajstić information content (AvgIpc) is 3.33. The highest BCUT2D eigenvalue weighted by Crippen LogP contribution is 2.67. The monoisotopic (exact) mass is 431 g/mol. The summed E-state index contributed by atoms with van der Waals surface area (Å²) in [5.74, 6) is 0.610. The Bertz CT molecular complexity index is 1180. The molecule has 4 aliphatic rings. The molecule has 1 heterocycles. The van der Waals surface area contributed by atoms with E-state index in [4.69, 9.17) is 4.42 Å². The maximum atomic E-state index is 12.3. The predicted molar refractivity (Wildman–Crippen MR) is 126 cm³/mol. The van der Waals surface area contributed by atoms with E-state index in [9.17, 15) is 10.2 Å². The normalized spacial score (nSPS) is 38.2. The highest BCUT2D eigenvalue weighted by atomic mass is 16.3. The standard InChI is InChI=1S/C28H33NO3/c1-26(2)15-20-12-19-13-21(30)6-4-17(19)10-11-28(20,31)25-9-7-22(27(25,26)3)18-5-8-23-24(14-18)32-16-29-23/h5,7-8,12,14-17,21,25,30-31H,4,6,9-11,13H2,1-3H3/t17?,21?,25?,27?,28-/m1/s1. The van der Waals surface area contributed by atoms with Crippen LogP contribution in [0.4, 0.5) is 0 Å². The fraction of sp³-hybridized carbons (Fsp3) is 0.536. The van der Waals surface area contributed by atoms with Gasteiger partial charge in [0.05, 0.1) is 11.7 Å². The van der Waals surface area contributed by atoms with E-state index in [1.807, 2.05) is 6.07 Å². The molecule has 1 saturated carbocycles. The maximum absolute atomic E-state index is 12.3. The van der Waals surface area contributed by atoms with Crippen LogP contribution in [0.25, 0.3) is 16.7 Å². The van der Waals surface area contributed by atoms with E-state index in [-0.39, 0.29) is 22.9 Å². The third-order valence-corrected chi connectivity index (χ3v) is 9.45. The van der Waals surface area contributed by atoms with Gasteiger partial charge in [0, 0.05) is 11.3 Å². The largest absolute Gasteiger partial charge is 0.443 e. The van der Waals surface area contributed by atoms with E-state index in [0.29, 0.717) is 5.92 Å². The molecule has 0 spiro atoms. The van der Waals surface area contributed by atoms with Gasteiger partial charge in [-0.05, 0) is 78.7 Å². The summed E-state index contributed by atoms with van der Waals surface area (Å²) in [4.78, 5) is 4.27. The first-order chi connectivity index (χ1) is 15.2. The van der Waals surface area contributed by atoms with E-state index < -0.39 is 5.60 Å². The number of oxazole rings is 1. The van der Waals surface area contributed by atoms with Crippen molar-refractivity contribution >= 4 is 16.7 Å². The topological polar surface area (TPSA) is 66.5 Å². The smallest absolute Gasteiger partial charge is 0.181 e. The summed E-state index contributed by atoms with van der Waals surface area (Å²) in [6, 6.07) is 6.28. The van der Waals surface area contributed by atoms with Crippen LogP contribution in [-0.4, -0.2) is 26.9 Å². The van der Waals surface area contributed by atoms with Crippen molar-refractivity contribution in [2.75, 3.05) is 0 Å². The first-order valence-electron chi connectivity index (χ1n) is 12.1. The lowest BCUT2D eigenvalue weighted by atomic mass is 9.49. The van der Waals surface area contributed by atoms with Gasteiger partial charge in [-0.15, -0.1) is 0 Å². The van der Waals surface area contributed by atoms with Gasteiger partial charge in [-0.1, -0.05) is 50.6 Å². The highest BCUT2D eigenvalue weighted by Gasteiger charge is 2.62. The van der Waals surface area contributed by atoms with Gasteiger partial charge in [0.1, 0.15) is 5.52 Å². The quantitative estimate of drug-likeness (QED) is 0.597. The zero-order valence-corrected chi connectivity index (χ0v) is 19.3. The minimum atomic E-state index is -0.839. The summed E-state index contributed by atoms with van der Waals surface area (Å²) in [5.41, 5.74) is 5.39. The zero-order valence-electron chi connectivity index (χ0n) is 19.3. The number of hydrogen-bond donors (Lipinski definition) is 2. The minimum absolute atomic E-state index is 0.118. The Labute approximate surface area is 189 Å². The van der Waals surface area contributed by atoms with Crippen molar-refractivity contribution in [3.8, 4) is 0 Å². The van der Waals surface area contributed by atoms with Crippen molar-refractivity contribution in [1.29, 1.82) is 0 Å². The van der Waals surface area contributed by atoms with Gasteiger partial charge in [0.15, 0.2) is 12.0 Å². The Hall–Kier alpha value is -2.17. The Kier molecular flexibility index (Phi) is 4.26. The molecule has 4 aliphatic carbocycles. The van der Waals surface area contributed by atoms with Crippen molar-refractivity contribution in [2.45, 2.75) is 71.0 Å². The molecule has 0 saturated heterocycles. The fourth-order valence-corrected chi connectivity index (χ4v) is 7.35. The molecule has 4 heteroatoms. The molecule has 5 atom stereocenters. The lowest BCUT2D eigenvalue weighted by Gasteiger charge is -2.56. The SMILES string of the molecule is CC1(C)C=C2C=C3CC(O)CCC3CC[C@]2(O)C2CC=C(c3ccc4ncoc4c3)C21C. The summed E-state index contributed by atoms with van der Waals surface area (Å²) < 4.78 is 5.60. The Morgan fingerprint density at radius 3 is 2.81 bits per heavy atom. The van der Waals surface area contributed by atoms with Crippen LogP contribution < -0.4 is 0 Å². The number of aromatic nitrogens is 1. The summed E-state index contributed by atoms with van der Waals surface area (Å²) >= 11 is 0. The number of hydrogen-bond acceptors (Lipinski definition) is 4. The van der Waals surface area contributed by atoms with Crippen LogP contribution in [0, 0.1) is 22.7 Å². The number of aliphatic hydroxyl groups excluding tert-OH is 1. The molecule has 1 aromatic carbocycles. The minimum Gasteiger partial charge on any atom is -0.443 e. The van der Waals surface area contributed by atoms with Gasteiger partial charge in [-0.2, -0.15) is 0 Å². The summed E-state index contributed by atoms with van der Waals surface area (Å²) in [5, 5.41) is 22.6. The third kappa shape index (κ3) is 2.66. The lowest BCUT2D eigenvalue weighted by Crippen LogP contribution is -2.55. The molecule has 2 N–H and O–H groups in total. The molecule has 4 unspecified atom stereocenters. The number of fused-ring (bicyclic) bond motifs is 5. The summed E-state index contributed by atoms with van der Waals surface area (Å²) in [6.45, 7) is 6.98. The van der Waals surface area contributed by atoms with E-state index >= 15 is 0 Å². The number of nitrogens with zero attached hydrogens (tertiary/aromatic N) is 1. The molecule has 4 nitrogen and oxygen atoms in total. The van der Waals surface area contributed by atoms with Gasteiger partial charge >= 0.3 is 0 Å². The fourth-order valence-electron chi connectivity index (χ4n) is 7.35. The summed E-state index contributed by atoms with van der Waals surface area (Å²) in [6.07, 6.45) is 13.5. The van der Waals surface area contributed by atoms with Gasteiger partial charge < -0.3 is 14.6 Å². The second-order valence-corrected chi connectivity index (χ2v) is 11.3. The van der Waals surface area contributed by atoms with Crippen LogP contribution in [0.5, 0.6) is 0 Å². The molecule has 2 aromatic rings. The molecule has 6 rings (SSSR count). The predicted octanol–water partition coefficient (Wildman–Crippen LogP) is 5.82. The zero-order chi connectivity index (χ0) is 22.3. The average molecular weight is 432 g/mol. The lowest BCUT2D eigenvalue weighted by molar-refractivity contribution is -0.0651. The molecule has 1 aromatic heterocycles. The van der Waals surface area contributed by atoms with Gasteiger partial charge in [0.2, 0.25) is 0 Å². The first kappa shape index (κ1) is 20.4. The highest BCUT2D eigenvalue weighted by molar-refractivity contribution is 5.82. The van der Waals surface area contributed by atoms with Crippen molar-refractivity contribution in [1.82, 2.24) is 4.98 Å². The van der Waals surface area contributed by atoms with Crippen molar-refractivity contribution in [3.63, 3.8) is 0 Å². The molecule has 0 amide bonds. The van der Waals surface area contributed by atoms with Crippen LogP contribution in [0.15, 0.2) is 58.4 Å². The molecule has 168 valence electrons. The summed E-state index contributed by atoms with van der Waals surface area (Å²) in [7, 11) is 0. The molecular weight excluding hydrogens is 398 g/mol. The maximum Gasteiger partial charge on any atom is 0.181 e. The van der Waals surface area contributed by atoms with Crippen molar-refractivity contribution < 1.29 is 14.6 Å². The van der Waals surface area contributed by atoms with E-state index in [2.05, 4.69) is 56.1 Å². The molecule has 0 aliphatic heterocycles. The van der Waals surface area contributed by atoms with E-state index in [1.165, 1.54) is 17.5 Å². The Morgan fingerprint density at radius 2 is 1.97 bits per heavy atom. The first-order valence-corrected chi connectivity index (χ1v) is 12.1. The van der Waals surface area contributed by atoms with Crippen molar-refractivity contribution in [3.05, 3.63) is 59.5 Å². The van der Waals surface area contributed by atoms with E-state index in [0.717, 1.165) is 60.8 Å². The number of benzene rings is 1. The van der Waals surface area contributed by atoms with Crippen LogP contribution in [-0.2, 0) is 0 Å². The van der Waals surface area contributed by atoms with Crippen LogP contribution in [0.3, 0.4) is 0 Å². The molecule has 0 bridgehead atoms. The van der Waals surface area contributed by atoms with Gasteiger partial charge in [-0.25, -0.2) is 4.98 Å². The number of rotatable bonds is 1. The molecule has 32 heavy (non-hydrogen) atoms. The van der Waals surface area contributed by atoms with Gasteiger partial charge in [-0.3, -0.25) is 0 Å². The molecular formula is C28H33NO3. The van der Waals surface area contributed by atoms with Crippen LogP contribution in [0.2, 0.25) is 0 Å². The van der Waals surface area contributed by atoms with Gasteiger partial charge in [0.25, 0.3) is 0 Å². The molecule has 1 fully saturated rings. The Morgan fingerprint density at radius 1 is 1.12 bits per heavy atom. The molecule has 0 radical (unpaired) electrons. The third-order valence-electron chi connectivity index (χ3n) is 9.45. The van der Waals surface area contributed by atoms with Crippen LogP contribution >= 0.6 is 0 Å². The number of allylic oxidation sites excluding steroid dienone is 3. The second kappa shape index (κ2) is 6.68. The van der Waals surface area contributed by atoms with Crippen molar-refractivity contribution in [2.24, 2.45) is 22.7 Å². The van der Waals surface area contributed by atoms with Crippen LogP contribution in [0.1, 0.15) is 64.9 Å². The second-order valence-electron chi connectivity index (χ2n) is 11.3.